The second-order valence-electron chi connectivity index (χ2n) is 14.9. The van der Waals surface area contributed by atoms with Gasteiger partial charge in [-0.1, -0.05) is 61.0 Å². The van der Waals surface area contributed by atoms with Gasteiger partial charge in [-0.2, -0.15) is 0 Å². The lowest BCUT2D eigenvalue weighted by atomic mass is 9.68. The maximum Gasteiger partial charge on any atom is 0.410 e. The van der Waals surface area contributed by atoms with E-state index in [0.29, 0.717) is 31.8 Å². The number of nitrogens with one attached hydrogen (secondary N) is 1. The molecule has 3 aromatic rings. The fourth-order valence-electron chi connectivity index (χ4n) is 6.33. The monoisotopic (exact) mass is 671 g/mol. The van der Waals surface area contributed by atoms with Gasteiger partial charge in [0.25, 0.3) is 0 Å². The summed E-state index contributed by atoms with van der Waals surface area (Å²) >= 11 is 3.67. The van der Waals surface area contributed by atoms with Crippen molar-refractivity contribution in [2.45, 2.75) is 96.1 Å². The summed E-state index contributed by atoms with van der Waals surface area (Å²) in [6, 6.07) is 13.5. The van der Waals surface area contributed by atoms with Crippen LogP contribution in [0.25, 0.3) is 10.9 Å². The molecule has 0 aliphatic carbocycles. The summed E-state index contributed by atoms with van der Waals surface area (Å²) in [5.74, 6) is -0.188. The Bertz CT molecular complexity index is 1480. The summed E-state index contributed by atoms with van der Waals surface area (Å²) in [7, 11) is -2.06. The standard InChI is InChI=1S/C34H47BrFN3O3Si/c1-32(2,3)42-31(40)38-17-15-34(16-18-38)22-39(20-23-11-9-10-12-26(23)36)28(21-41-43(7,8)33(4,5)6)30-29(34)25-14-13-24(35)19-27(25)37-30/h9-14,19,28,37H,15-18,20-22H2,1-8H3. The lowest BCUT2D eigenvalue weighted by Gasteiger charge is -2.51. The van der Waals surface area contributed by atoms with Crippen LogP contribution in [0, 0.1) is 5.82 Å². The van der Waals surface area contributed by atoms with Gasteiger partial charge in [0.15, 0.2) is 8.32 Å². The van der Waals surface area contributed by atoms with Gasteiger partial charge in [-0.25, -0.2) is 9.18 Å². The summed E-state index contributed by atoms with van der Waals surface area (Å²) < 4.78 is 28.7. The third-order valence-electron chi connectivity index (χ3n) is 9.71. The molecule has 9 heteroatoms. The number of ether oxygens (including phenoxy) is 1. The van der Waals surface area contributed by atoms with E-state index in [0.717, 1.165) is 35.1 Å². The van der Waals surface area contributed by atoms with Gasteiger partial charge in [0.2, 0.25) is 0 Å². The van der Waals surface area contributed by atoms with E-state index in [1.165, 1.54) is 10.9 Å². The van der Waals surface area contributed by atoms with Crippen molar-refractivity contribution < 1.29 is 18.3 Å². The number of benzene rings is 2. The molecule has 6 nitrogen and oxygen atoms in total. The van der Waals surface area contributed by atoms with Crippen molar-refractivity contribution in [3.8, 4) is 0 Å². The predicted octanol–water partition coefficient (Wildman–Crippen LogP) is 8.92. The number of piperidine rings is 1. The van der Waals surface area contributed by atoms with Gasteiger partial charge in [0, 0.05) is 58.2 Å². The van der Waals surface area contributed by atoms with Crippen molar-refractivity contribution >= 4 is 41.2 Å². The fraction of sp³-hybridized carbons (Fsp3) is 0.559. The van der Waals surface area contributed by atoms with Crippen LogP contribution >= 0.6 is 15.9 Å². The first kappa shape index (κ1) is 32.2. The highest BCUT2D eigenvalue weighted by molar-refractivity contribution is 9.10. The number of hydrogen-bond donors (Lipinski definition) is 1. The van der Waals surface area contributed by atoms with E-state index in [-0.39, 0.29) is 28.4 Å². The summed E-state index contributed by atoms with van der Waals surface area (Å²) in [5.41, 5.74) is 3.50. The molecular weight excluding hydrogens is 625 g/mol. The van der Waals surface area contributed by atoms with Gasteiger partial charge in [-0.3, -0.25) is 4.90 Å². The van der Waals surface area contributed by atoms with Crippen molar-refractivity contribution in [1.29, 1.82) is 0 Å². The lowest BCUT2D eigenvalue weighted by Crippen LogP contribution is -2.55. The van der Waals surface area contributed by atoms with E-state index in [4.69, 9.17) is 9.16 Å². The summed E-state index contributed by atoms with van der Waals surface area (Å²) in [6.45, 7) is 20.0. The molecule has 2 aliphatic rings. The lowest BCUT2D eigenvalue weighted by molar-refractivity contribution is 0.00721. The molecule has 234 valence electrons. The molecule has 2 aromatic carbocycles. The highest BCUT2D eigenvalue weighted by atomic mass is 79.9. The molecule has 1 N–H and O–H groups in total. The number of carbonyl (C=O) groups excluding carboxylic acids is 1. The third-order valence-corrected chi connectivity index (χ3v) is 14.7. The fourth-order valence-corrected chi connectivity index (χ4v) is 7.70. The van der Waals surface area contributed by atoms with Crippen LogP contribution in [-0.2, 0) is 21.1 Å². The number of hydrogen-bond acceptors (Lipinski definition) is 4. The van der Waals surface area contributed by atoms with E-state index in [1.54, 1.807) is 12.1 Å². The molecular formula is C34H47BrFN3O3Si. The van der Waals surface area contributed by atoms with Crippen LogP contribution in [-0.4, -0.2) is 61.0 Å². The number of carbonyl (C=O) groups is 1. The largest absolute Gasteiger partial charge is 0.444 e. The van der Waals surface area contributed by atoms with Crippen molar-refractivity contribution in [3.63, 3.8) is 0 Å². The Morgan fingerprint density at radius 2 is 1.77 bits per heavy atom. The molecule has 3 heterocycles. The Balaban J connectivity index is 1.58. The Hall–Kier alpha value is -2.20. The SMILES string of the molecule is CC(C)(C)OC(=O)N1CCC2(CC1)CN(Cc1ccccc1F)C(CO[Si](C)(C)C(C)(C)C)c1[nH]c3cc(Br)ccc3c12. The molecule has 5 rings (SSSR count). The second-order valence-corrected chi connectivity index (χ2v) is 20.7. The average molecular weight is 673 g/mol. The highest BCUT2D eigenvalue weighted by Crippen LogP contribution is 2.50. The molecule has 1 aromatic heterocycles. The minimum Gasteiger partial charge on any atom is -0.444 e. The van der Waals surface area contributed by atoms with Crippen LogP contribution < -0.4 is 0 Å². The summed E-state index contributed by atoms with van der Waals surface area (Å²) in [6.07, 6.45) is 1.34. The molecule has 1 saturated heterocycles. The molecule has 2 aliphatic heterocycles. The zero-order chi connectivity index (χ0) is 31.4. The molecule has 0 radical (unpaired) electrons. The van der Waals surface area contributed by atoms with Crippen molar-refractivity contribution in [3.05, 3.63) is 69.6 Å². The van der Waals surface area contributed by atoms with E-state index in [9.17, 15) is 4.79 Å². The predicted molar refractivity (Wildman–Crippen MR) is 177 cm³/mol. The zero-order valence-corrected chi connectivity index (χ0v) is 29.5. The molecule has 1 fully saturated rings. The van der Waals surface area contributed by atoms with Gasteiger partial charge < -0.3 is 19.0 Å². The maximum atomic E-state index is 15.1. The Kier molecular flexibility index (Phi) is 8.70. The first-order valence-corrected chi connectivity index (χ1v) is 19.1. The smallest absolute Gasteiger partial charge is 0.410 e. The Morgan fingerprint density at radius 1 is 1.09 bits per heavy atom. The minimum absolute atomic E-state index is 0.0654. The van der Waals surface area contributed by atoms with E-state index in [1.807, 2.05) is 37.8 Å². The number of H-pyrrole nitrogens is 1. The van der Waals surface area contributed by atoms with Crippen LogP contribution in [0.2, 0.25) is 18.1 Å². The van der Waals surface area contributed by atoms with Gasteiger partial charge in [-0.15, -0.1) is 0 Å². The quantitative estimate of drug-likeness (QED) is 0.275. The van der Waals surface area contributed by atoms with Gasteiger partial charge in [-0.05, 0) is 75.5 Å². The first-order valence-electron chi connectivity index (χ1n) is 15.4. The molecule has 0 saturated carbocycles. The maximum absolute atomic E-state index is 15.1. The van der Waals surface area contributed by atoms with Crippen LogP contribution in [0.4, 0.5) is 9.18 Å². The number of likely N-dealkylation sites (tertiary alicyclic amines) is 1. The first-order chi connectivity index (χ1) is 20.0. The number of rotatable bonds is 5. The molecule has 1 amide bonds. The van der Waals surface area contributed by atoms with Crippen molar-refractivity contribution in [2.75, 3.05) is 26.2 Å². The molecule has 1 unspecified atom stereocenters. The Labute approximate surface area is 265 Å². The van der Waals surface area contributed by atoms with E-state index < -0.39 is 13.9 Å². The van der Waals surface area contributed by atoms with E-state index >= 15 is 4.39 Å². The van der Waals surface area contributed by atoms with E-state index in [2.05, 4.69) is 77.9 Å². The van der Waals surface area contributed by atoms with Crippen LogP contribution in [0.15, 0.2) is 46.9 Å². The van der Waals surface area contributed by atoms with Crippen molar-refractivity contribution in [1.82, 2.24) is 14.8 Å². The molecule has 1 atom stereocenters. The Morgan fingerprint density at radius 3 is 2.40 bits per heavy atom. The number of amides is 1. The van der Waals surface area contributed by atoms with Crippen LogP contribution in [0.1, 0.15) is 77.2 Å². The number of nitrogens with zero attached hydrogens (tertiary/aromatic N) is 2. The second kappa shape index (κ2) is 11.6. The number of aromatic amines is 1. The van der Waals surface area contributed by atoms with Crippen LogP contribution in [0.3, 0.4) is 0 Å². The molecule has 1 spiro atoms. The minimum atomic E-state index is -2.06. The van der Waals surface area contributed by atoms with Crippen LogP contribution in [0.5, 0.6) is 0 Å². The number of aromatic nitrogens is 1. The number of fused-ring (bicyclic) bond motifs is 4. The average Bonchev–Trinajstić information content (AvgIpc) is 3.28. The zero-order valence-electron chi connectivity index (χ0n) is 26.9. The van der Waals surface area contributed by atoms with Gasteiger partial charge >= 0.3 is 6.09 Å². The summed E-state index contributed by atoms with van der Waals surface area (Å²) in [4.78, 5) is 21.1. The topological polar surface area (TPSA) is 57.8 Å². The van der Waals surface area contributed by atoms with Gasteiger partial charge in [0.1, 0.15) is 11.4 Å². The van der Waals surface area contributed by atoms with Crippen molar-refractivity contribution in [2.24, 2.45) is 0 Å². The summed E-state index contributed by atoms with van der Waals surface area (Å²) in [5, 5.41) is 1.29. The third kappa shape index (κ3) is 6.60. The highest BCUT2D eigenvalue weighted by Gasteiger charge is 2.49. The molecule has 43 heavy (non-hydrogen) atoms. The number of halogens is 2. The molecule has 0 bridgehead atoms. The normalized spacial score (nSPS) is 19.6. The van der Waals surface area contributed by atoms with Gasteiger partial charge in [0.05, 0.1) is 12.6 Å².